The molecule has 0 radical (unpaired) electrons. The fourth-order valence-electron chi connectivity index (χ4n) is 6.29. The number of nitrogens with one attached hydrogen (secondary N) is 5. The van der Waals surface area contributed by atoms with E-state index in [0.717, 1.165) is 12.0 Å². The van der Waals surface area contributed by atoms with Crippen LogP contribution in [0.15, 0.2) is 41.5 Å². The minimum Gasteiger partial charge on any atom is -0.492 e. The number of hydrogen-bond donors (Lipinski definition) is 9. The first-order chi connectivity index (χ1) is 19.0. The smallest absolute Gasteiger partial charge is 0.343 e. The lowest BCUT2D eigenvalue weighted by Gasteiger charge is -2.46. The molecule has 1 unspecified atom stereocenters. The Bertz CT molecular complexity index is 1420. The van der Waals surface area contributed by atoms with Gasteiger partial charge in [-0.05, 0) is 30.0 Å². The van der Waals surface area contributed by atoms with Gasteiger partial charge in [0.2, 0.25) is 5.79 Å². The average molecular weight is 553 g/mol. The zero-order valence-electron chi connectivity index (χ0n) is 22.2. The van der Waals surface area contributed by atoms with Gasteiger partial charge in [-0.1, -0.05) is 26.0 Å². The third kappa shape index (κ3) is 3.70. The molecule has 1 fully saturated rings. The van der Waals surface area contributed by atoms with Crippen LogP contribution in [-0.2, 0) is 5.41 Å². The highest BCUT2D eigenvalue weighted by Gasteiger charge is 2.76. The number of H-pyrrole nitrogens is 1. The van der Waals surface area contributed by atoms with E-state index in [1.165, 1.54) is 4.90 Å². The van der Waals surface area contributed by atoms with Crippen LogP contribution in [0.4, 0.5) is 0 Å². The molecule has 4 atom stereocenters. The molecule has 1 saturated heterocycles. The molecule has 5 heterocycles. The van der Waals surface area contributed by atoms with E-state index in [4.69, 9.17) is 16.2 Å². The highest BCUT2D eigenvalue weighted by molar-refractivity contribution is 5.98. The van der Waals surface area contributed by atoms with Crippen molar-refractivity contribution in [2.75, 3.05) is 19.7 Å². The van der Waals surface area contributed by atoms with Gasteiger partial charge in [-0.15, -0.1) is 0 Å². The van der Waals surface area contributed by atoms with E-state index < -0.39 is 35.5 Å². The van der Waals surface area contributed by atoms with Crippen molar-refractivity contribution >= 4 is 23.7 Å². The number of carbonyl (C=O) groups excluding carboxylic acids is 2. The molecule has 11 N–H and O–H groups in total. The fourth-order valence-corrected chi connectivity index (χ4v) is 6.29. The molecule has 40 heavy (non-hydrogen) atoms. The summed E-state index contributed by atoms with van der Waals surface area (Å²) in [5, 5.41) is 31.9. The number of nitrogens with two attached hydrogens (primary N) is 2. The lowest BCUT2D eigenvalue weighted by Crippen LogP contribution is -2.90. The van der Waals surface area contributed by atoms with Crippen LogP contribution < -0.4 is 37.1 Å². The molecule has 2 aromatic rings. The van der Waals surface area contributed by atoms with Crippen LogP contribution >= 0.6 is 0 Å². The standard InChI is InChI=1S/C26H33N9O5/c1-24(2)8-10-40-18-13(5-3-6-14(18)24)20(36)32-17-12-35-23(28)31-16(11-30-21(37)15-7-4-9-29-15)19-25(35,26(17,38)39)34-22(27)33-19/h3-7,9,16-17,19,29,38-39H,8,10-12H2,1-2H3,(H2,28,31)(H,30,37)(H,32,36)(H3,27,33,34)/p+1/t16-,17?,19-,25-/m0/s1. The molecule has 1 aromatic carbocycles. The molecule has 0 aliphatic carbocycles. The van der Waals surface area contributed by atoms with E-state index in [1.54, 1.807) is 30.5 Å². The average Bonchev–Trinajstić information content (AvgIpc) is 3.61. The molecular weight excluding hydrogens is 518 g/mol. The predicted octanol–water partition coefficient (Wildman–Crippen LogP) is -3.64. The molecule has 4 aliphatic heterocycles. The maximum absolute atomic E-state index is 13.6. The maximum Gasteiger partial charge on any atom is 0.343 e. The quantitative estimate of drug-likeness (QED) is 0.167. The summed E-state index contributed by atoms with van der Waals surface area (Å²) in [6.07, 6.45) is 2.44. The summed E-state index contributed by atoms with van der Waals surface area (Å²) in [4.78, 5) is 38.0. The number of amides is 2. The summed E-state index contributed by atoms with van der Waals surface area (Å²) < 4.78 is 5.89. The molecule has 0 bridgehead atoms. The normalized spacial score (nSPS) is 29.1. The molecule has 1 spiro atoms. The molecule has 14 nitrogen and oxygen atoms in total. The van der Waals surface area contributed by atoms with Crippen molar-refractivity contribution in [3.05, 3.63) is 53.3 Å². The van der Waals surface area contributed by atoms with Crippen LogP contribution in [0.5, 0.6) is 5.75 Å². The van der Waals surface area contributed by atoms with Crippen LogP contribution in [0.25, 0.3) is 0 Å². The molecule has 14 heteroatoms. The van der Waals surface area contributed by atoms with Gasteiger partial charge in [-0.3, -0.25) is 25.2 Å². The van der Waals surface area contributed by atoms with Crippen molar-refractivity contribution in [2.24, 2.45) is 16.5 Å². The third-order valence-corrected chi connectivity index (χ3v) is 8.47. The fraction of sp³-hybridized carbons (Fsp3) is 0.462. The zero-order chi connectivity index (χ0) is 28.4. The number of benzene rings is 1. The molecule has 6 rings (SSSR count). The Morgan fingerprint density at radius 2 is 2.02 bits per heavy atom. The van der Waals surface area contributed by atoms with Crippen LogP contribution in [-0.4, -0.2) is 93.1 Å². The van der Waals surface area contributed by atoms with Gasteiger partial charge >= 0.3 is 5.96 Å². The second kappa shape index (κ2) is 8.86. The minimum absolute atomic E-state index is 0.00534. The molecule has 4 aliphatic rings. The third-order valence-electron chi connectivity index (χ3n) is 8.47. The van der Waals surface area contributed by atoms with Gasteiger partial charge in [-0.25, -0.2) is 10.3 Å². The van der Waals surface area contributed by atoms with Crippen LogP contribution in [0.3, 0.4) is 0 Å². The van der Waals surface area contributed by atoms with Crippen molar-refractivity contribution < 1.29 is 29.5 Å². The highest BCUT2D eigenvalue weighted by atomic mass is 16.5. The second-order valence-corrected chi connectivity index (χ2v) is 11.3. The number of hydrogen-bond acceptors (Lipinski definition) is 10. The summed E-state index contributed by atoms with van der Waals surface area (Å²) in [7, 11) is 0. The van der Waals surface area contributed by atoms with E-state index >= 15 is 0 Å². The molecule has 1 aromatic heterocycles. The second-order valence-electron chi connectivity index (χ2n) is 11.3. The lowest BCUT2D eigenvalue weighted by molar-refractivity contribution is -0.521. The van der Waals surface area contributed by atoms with E-state index in [1.807, 2.05) is 6.07 Å². The molecule has 0 saturated carbocycles. The number of aliphatic imine (C=N–C) groups is 1. The van der Waals surface area contributed by atoms with Gasteiger partial charge in [0.15, 0.2) is 12.0 Å². The van der Waals surface area contributed by atoms with E-state index in [0.29, 0.717) is 23.6 Å². The number of aromatic nitrogens is 1. The van der Waals surface area contributed by atoms with E-state index in [2.05, 4.69) is 44.8 Å². The van der Waals surface area contributed by atoms with Crippen LogP contribution in [0, 0.1) is 0 Å². The Labute approximate surface area is 229 Å². The van der Waals surface area contributed by atoms with Crippen molar-refractivity contribution in [1.29, 1.82) is 0 Å². The first-order valence-corrected chi connectivity index (χ1v) is 13.2. The first-order valence-electron chi connectivity index (χ1n) is 13.2. The van der Waals surface area contributed by atoms with Gasteiger partial charge in [0.05, 0.1) is 18.7 Å². The van der Waals surface area contributed by atoms with Gasteiger partial charge < -0.3 is 36.3 Å². The Morgan fingerprint density at radius 1 is 1.23 bits per heavy atom. The number of guanidine groups is 2. The van der Waals surface area contributed by atoms with E-state index in [9.17, 15) is 19.8 Å². The van der Waals surface area contributed by atoms with Crippen LogP contribution in [0.1, 0.15) is 46.7 Å². The number of nitrogens with zero attached hydrogens (tertiary/aromatic N) is 2. The van der Waals surface area contributed by atoms with Gasteiger partial charge in [0.1, 0.15) is 23.5 Å². The molecular formula is C26H34N9O5+. The number of rotatable bonds is 5. The number of aromatic amines is 1. The van der Waals surface area contributed by atoms with Crippen molar-refractivity contribution in [1.82, 2.24) is 25.8 Å². The van der Waals surface area contributed by atoms with Gasteiger partial charge in [0, 0.05) is 18.3 Å². The van der Waals surface area contributed by atoms with Gasteiger partial charge in [-0.2, -0.15) is 0 Å². The Morgan fingerprint density at radius 3 is 2.77 bits per heavy atom. The summed E-state index contributed by atoms with van der Waals surface area (Å²) in [6.45, 7) is 4.60. The summed E-state index contributed by atoms with van der Waals surface area (Å²) in [6, 6.07) is 5.95. The Balaban J connectivity index is 1.27. The van der Waals surface area contributed by atoms with E-state index in [-0.39, 0.29) is 36.3 Å². The van der Waals surface area contributed by atoms with Crippen LogP contribution in [0.2, 0.25) is 0 Å². The predicted molar refractivity (Wildman–Crippen MR) is 143 cm³/mol. The lowest BCUT2D eigenvalue weighted by atomic mass is 9.79. The summed E-state index contributed by atoms with van der Waals surface area (Å²) in [5.74, 6) is -2.88. The Kier molecular flexibility index (Phi) is 5.75. The Hall–Kier alpha value is -4.30. The number of fused-ring (bicyclic) bond motifs is 1. The zero-order valence-corrected chi connectivity index (χ0v) is 22.2. The highest BCUT2D eigenvalue weighted by Crippen LogP contribution is 2.43. The van der Waals surface area contributed by atoms with Crippen molar-refractivity contribution in [2.45, 2.75) is 55.3 Å². The SMILES string of the molecule is CC1(C)CCOc2c(C(=O)NC3CN4C(N)=N[C@@H](CNC(=O)c5ccc[nH]5)[C@@H]5[NH+]=C(N)N[C@@]54C3(O)O)cccc21. The van der Waals surface area contributed by atoms with Gasteiger partial charge in [0.25, 0.3) is 17.5 Å². The number of aliphatic hydroxyl groups is 2. The number of ether oxygens (including phenoxy) is 1. The summed E-state index contributed by atoms with van der Waals surface area (Å²) >= 11 is 0. The minimum atomic E-state index is -2.57. The topological polar surface area (TPSA) is 217 Å². The number of para-hydroxylation sites is 1. The van der Waals surface area contributed by atoms with Crippen molar-refractivity contribution in [3.8, 4) is 5.75 Å². The number of carbonyl (C=O) groups is 2. The first kappa shape index (κ1) is 26.0. The molecule has 212 valence electrons. The van der Waals surface area contributed by atoms with Crippen molar-refractivity contribution in [3.63, 3.8) is 0 Å². The maximum atomic E-state index is 13.6. The summed E-state index contributed by atoms with van der Waals surface area (Å²) in [5.41, 5.74) is 12.2. The largest absolute Gasteiger partial charge is 0.492 e. The monoisotopic (exact) mass is 552 g/mol. The molecule has 2 amide bonds.